The van der Waals surface area contributed by atoms with Crippen molar-refractivity contribution >= 4 is 22.9 Å². The molecule has 6 rings (SSSR count). The highest BCUT2D eigenvalue weighted by Crippen LogP contribution is 2.42. The molecule has 1 aliphatic heterocycles. The van der Waals surface area contributed by atoms with E-state index in [0.717, 1.165) is 48.5 Å². The van der Waals surface area contributed by atoms with E-state index >= 15 is 0 Å². The highest BCUT2D eigenvalue weighted by Gasteiger charge is 2.41. The normalized spacial score (nSPS) is 19.0. The van der Waals surface area contributed by atoms with Crippen LogP contribution in [0.2, 0.25) is 0 Å². The van der Waals surface area contributed by atoms with Gasteiger partial charge >= 0.3 is 0 Å². The van der Waals surface area contributed by atoms with E-state index in [1.54, 1.807) is 15.2 Å². The number of ether oxygens (including phenoxy) is 1. The van der Waals surface area contributed by atoms with Gasteiger partial charge in [0.05, 0.1) is 25.1 Å². The van der Waals surface area contributed by atoms with Gasteiger partial charge in [-0.3, -0.25) is 0 Å². The maximum Gasteiger partial charge on any atom is 0.243 e. The van der Waals surface area contributed by atoms with Gasteiger partial charge in [-0.2, -0.15) is 10.1 Å². The fraction of sp³-hybridized carbons (Fsp3) is 0.400. The molecule has 9 nitrogen and oxygen atoms in total. The van der Waals surface area contributed by atoms with Gasteiger partial charge in [0.15, 0.2) is 11.5 Å². The van der Waals surface area contributed by atoms with Crippen LogP contribution in [0.25, 0.3) is 22.4 Å². The largest absolute Gasteiger partial charge is 0.382 e. The third kappa shape index (κ3) is 2.72. The summed E-state index contributed by atoms with van der Waals surface area (Å²) >= 11 is 0. The molecule has 4 aromatic heterocycles. The van der Waals surface area contributed by atoms with Gasteiger partial charge in [-0.05, 0) is 37.8 Å². The predicted molar refractivity (Wildman–Crippen MR) is 109 cm³/mol. The summed E-state index contributed by atoms with van der Waals surface area (Å²) in [6, 6.07) is 6.13. The first-order valence-corrected chi connectivity index (χ1v) is 9.99. The van der Waals surface area contributed by atoms with Crippen LogP contribution in [0, 0.1) is 5.41 Å². The van der Waals surface area contributed by atoms with Crippen molar-refractivity contribution in [2.45, 2.75) is 31.7 Å². The zero-order valence-electron chi connectivity index (χ0n) is 16.0. The average molecular weight is 390 g/mol. The molecule has 148 valence electrons. The van der Waals surface area contributed by atoms with E-state index in [2.05, 4.69) is 25.5 Å². The molecule has 9 heteroatoms. The molecule has 1 saturated carbocycles. The Kier molecular flexibility index (Phi) is 3.55. The molecule has 1 saturated heterocycles. The third-order valence-electron chi connectivity index (χ3n) is 6.27. The SMILES string of the molecule is Nc1nc(NC2CCC3(CC2)COC3)nn2ccc(-c3ccn4nccc4n3)c12. The van der Waals surface area contributed by atoms with Gasteiger partial charge < -0.3 is 15.8 Å². The van der Waals surface area contributed by atoms with Crippen molar-refractivity contribution in [1.29, 1.82) is 0 Å². The van der Waals surface area contributed by atoms with Crippen LogP contribution in [0.3, 0.4) is 0 Å². The van der Waals surface area contributed by atoms with Crippen molar-refractivity contribution in [3.05, 3.63) is 36.8 Å². The van der Waals surface area contributed by atoms with Crippen LogP contribution in [-0.4, -0.2) is 48.5 Å². The Morgan fingerprint density at radius 1 is 1.07 bits per heavy atom. The third-order valence-corrected chi connectivity index (χ3v) is 6.27. The van der Waals surface area contributed by atoms with Gasteiger partial charge in [-0.25, -0.2) is 14.0 Å². The fourth-order valence-corrected chi connectivity index (χ4v) is 4.52. The molecule has 1 aliphatic carbocycles. The maximum atomic E-state index is 6.34. The summed E-state index contributed by atoms with van der Waals surface area (Å²) in [5, 5.41) is 12.3. The average Bonchev–Trinajstić information content (AvgIpc) is 3.33. The molecular formula is C20H22N8O. The second-order valence-corrected chi connectivity index (χ2v) is 8.20. The van der Waals surface area contributed by atoms with E-state index in [-0.39, 0.29) is 0 Å². The molecule has 2 fully saturated rings. The lowest BCUT2D eigenvalue weighted by atomic mass is 9.71. The Bertz CT molecular complexity index is 1200. The van der Waals surface area contributed by atoms with Crippen molar-refractivity contribution in [2.75, 3.05) is 24.3 Å². The minimum absolute atomic E-state index is 0.374. The summed E-state index contributed by atoms with van der Waals surface area (Å²) in [4.78, 5) is 9.20. The summed E-state index contributed by atoms with van der Waals surface area (Å²) < 4.78 is 8.93. The number of aromatic nitrogens is 6. The number of nitrogens with two attached hydrogens (primary N) is 1. The van der Waals surface area contributed by atoms with Gasteiger partial charge in [0.1, 0.15) is 5.52 Å². The van der Waals surface area contributed by atoms with E-state index in [0.29, 0.717) is 23.2 Å². The minimum Gasteiger partial charge on any atom is -0.382 e. The molecule has 5 heterocycles. The van der Waals surface area contributed by atoms with Gasteiger partial charge in [-0.15, -0.1) is 5.10 Å². The van der Waals surface area contributed by atoms with Crippen LogP contribution in [0.1, 0.15) is 25.7 Å². The van der Waals surface area contributed by atoms with Crippen LogP contribution in [0.15, 0.2) is 36.8 Å². The first kappa shape index (κ1) is 16.7. The highest BCUT2D eigenvalue weighted by atomic mass is 16.5. The second kappa shape index (κ2) is 6.15. The van der Waals surface area contributed by atoms with Gasteiger partial charge in [0, 0.05) is 35.5 Å². The Balaban J connectivity index is 1.28. The Morgan fingerprint density at radius 3 is 2.69 bits per heavy atom. The van der Waals surface area contributed by atoms with Crippen LogP contribution < -0.4 is 11.1 Å². The van der Waals surface area contributed by atoms with Crippen LogP contribution in [-0.2, 0) is 4.74 Å². The van der Waals surface area contributed by atoms with Gasteiger partial charge in [-0.1, -0.05) is 0 Å². The molecule has 3 N–H and O–H groups in total. The lowest BCUT2D eigenvalue weighted by Gasteiger charge is -2.46. The topological polar surface area (TPSA) is 108 Å². The zero-order valence-corrected chi connectivity index (χ0v) is 16.0. The molecule has 0 radical (unpaired) electrons. The first-order valence-electron chi connectivity index (χ1n) is 9.99. The van der Waals surface area contributed by atoms with E-state index in [4.69, 9.17) is 10.5 Å². The lowest BCUT2D eigenvalue weighted by Crippen LogP contribution is -2.47. The molecule has 2 aliphatic rings. The monoisotopic (exact) mass is 390 g/mol. The van der Waals surface area contributed by atoms with Gasteiger partial charge in [0.2, 0.25) is 5.95 Å². The van der Waals surface area contributed by atoms with Crippen molar-refractivity contribution in [3.63, 3.8) is 0 Å². The van der Waals surface area contributed by atoms with E-state index in [1.165, 1.54) is 12.8 Å². The van der Waals surface area contributed by atoms with E-state index in [1.807, 2.05) is 30.6 Å². The number of nitrogens with zero attached hydrogens (tertiary/aromatic N) is 6. The molecule has 1 spiro atoms. The number of rotatable bonds is 3. The van der Waals surface area contributed by atoms with Crippen LogP contribution in [0.5, 0.6) is 0 Å². The predicted octanol–water partition coefficient (Wildman–Crippen LogP) is 2.39. The van der Waals surface area contributed by atoms with Crippen molar-refractivity contribution in [1.82, 2.24) is 29.2 Å². The summed E-state index contributed by atoms with van der Waals surface area (Å²) in [6.45, 7) is 1.83. The molecule has 0 bridgehead atoms. The van der Waals surface area contributed by atoms with Gasteiger partial charge in [0.25, 0.3) is 0 Å². The fourth-order valence-electron chi connectivity index (χ4n) is 4.52. The molecule has 0 atom stereocenters. The summed E-state index contributed by atoms with van der Waals surface area (Å²) in [6.07, 6.45) is 10.1. The molecular weight excluding hydrogens is 368 g/mol. The van der Waals surface area contributed by atoms with Crippen molar-refractivity contribution < 1.29 is 4.74 Å². The smallest absolute Gasteiger partial charge is 0.243 e. The zero-order chi connectivity index (χ0) is 19.4. The number of hydrogen-bond acceptors (Lipinski definition) is 7. The number of fused-ring (bicyclic) bond motifs is 2. The second-order valence-electron chi connectivity index (χ2n) is 8.20. The van der Waals surface area contributed by atoms with Crippen molar-refractivity contribution in [2.24, 2.45) is 5.41 Å². The Hall–Kier alpha value is -3.20. The number of hydrogen-bond donors (Lipinski definition) is 2. The van der Waals surface area contributed by atoms with Crippen molar-refractivity contribution in [3.8, 4) is 11.3 Å². The van der Waals surface area contributed by atoms with Crippen LogP contribution in [0.4, 0.5) is 11.8 Å². The first-order chi connectivity index (χ1) is 14.2. The van der Waals surface area contributed by atoms with E-state index < -0.39 is 0 Å². The summed E-state index contributed by atoms with van der Waals surface area (Å²) in [7, 11) is 0. The van der Waals surface area contributed by atoms with Crippen LogP contribution >= 0.6 is 0 Å². The number of nitrogen functional groups attached to an aromatic ring is 1. The number of anilines is 2. The Labute approximate surface area is 166 Å². The summed E-state index contributed by atoms with van der Waals surface area (Å²) in [5.74, 6) is 1.01. The molecule has 4 aromatic rings. The lowest BCUT2D eigenvalue weighted by molar-refractivity contribution is -0.131. The van der Waals surface area contributed by atoms with E-state index in [9.17, 15) is 0 Å². The summed E-state index contributed by atoms with van der Waals surface area (Å²) in [5.41, 5.74) is 10.0. The number of nitrogens with one attached hydrogen (secondary N) is 1. The molecule has 0 unspecified atom stereocenters. The Morgan fingerprint density at radius 2 is 1.90 bits per heavy atom. The quantitative estimate of drug-likeness (QED) is 0.553. The highest BCUT2D eigenvalue weighted by molar-refractivity contribution is 5.86. The maximum absolute atomic E-state index is 6.34. The molecule has 29 heavy (non-hydrogen) atoms. The minimum atomic E-state index is 0.374. The molecule has 0 amide bonds. The standard InChI is InChI=1S/C20H22N8O/c21-18-17-14(15-5-10-27-16(24-15)3-8-22-27)4-9-28(17)26-19(25-18)23-13-1-6-20(7-2-13)11-29-12-20/h3-5,8-10,13H,1-2,6-7,11-12H2,(H3,21,23,25,26). The molecule has 0 aromatic carbocycles.